The quantitative estimate of drug-likeness (QED) is 0.622. The average molecular weight is 250 g/mol. The fourth-order valence-electron chi connectivity index (χ4n) is 3.11. The van der Waals surface area contributed by atoms with Crippen molar-refractivity contribution in [2.45, 2.75) is 45.1 Å². The molecule has 3 atom stereocenters. The van der Waals surface area contributed by atoms with Crippen molar-refractivity contribution in [2.24, 2.45) is 17.7 Å². The first-order chi connectivity index (χ1) is 8.74. The standard InChI is InChI=1S/C15H23FN2/c1-2-11-7-8-13(9-11)15(18-17)10-12-5-3-4-6-14(12)16/h3-6,11,13,15,18H,2,7-10,17H2,1H3. The van der Waals surface area contributed by atoms with Gasteiger partial charge in [-0.2, -0.15) is 0 Å². The van der Waals surface area contributed by atoms with Crippen LogP contribution in [0.1, 0.15) is 38.2 Å². The molecule has 1 saturated carbocycles. The van der Waals surface area contributed by atoms with E-state index in [0.29, 0.717) is 12.3 Å². The Hall–Kier alpha value is -0.930. The molecule has 0 aliphatic heterocycles. The first-order valence-electron chi connectivity index (χ1n) is 6.94. The molecule has 0 aromatic heterocycles. The Kier molecular flexibility index (Phi) is 4.72. The zero-order valence-corrected chi connectivity index (χ0v) is 11.0. The van der Waals surface area contributed by atoms with Crippen molar-refractivity contribution in [3.05, 3.63) is 35.6 Å². The van der Waals surface area contributed by atoms with E-state index in [0.717, 1.165) is 11.5 Å². The lowest BCUT2D eigenvalue weighted by Crippen LogP contribution is -2.42. The van der Waals surface area contributed by atoms with Crippen molar-refractivity contribution in [2.75, 3.05) is 0 Å². The summed E-state index contributed by atoms with van der Waals surface area (Å²) in [4.78, 5) is 0. The van der Waals surface area contributed by atoms with Crippen molar-refractivity contribution in [3.63, 3.8) is 0 Å². The molecule has 100 valence electrons. The van der Waals surface area contributed by atoms with Crippen LogP contribution in [0, 0.1) is 17.7 Å². The summed E-state index contributed by atoms with van der Waals surface area (Å²) >= 11 is 0. The van der Waals surface area contributed by atoms with Gasteiger partial charge in [-0.3, -0.25) is 11.3 Å². The molecule has 3 heteroatoms. The fourth-order valence-corrected chi connectivity index (χ4v) is 3.11. The van der Waals surface area contributed by atoms with Crippen LogP contribution in [-0.2, 0) is 6.42 Å². The third-order valence-corrected chi connectivity index (χ3v) is 4.34. The summed E-state index contributed by atoms with van der Waals surface area (Å²) in [5.41, 5.74) is 3.66. The minimum Gasteiger partial charge on any atom is -0.271 e. The first kappa shape index (κ1) is 13.5. The number of hydrogen-bond acceptors (Lipinski definition) is 2. The zero-order chi connectivity index (χ0) is 13.0. The zero-order valence-electron chi connectivity index (χ0n) is 11.0. The van der Waals surface area contributed by atoms with E-state index in [2.05, 4.69) is 12.3 Å². The molecule has 1 aliphatic rings. The first-order valence-corrected chi connectivity index (χ1v) is 6.94. The Morgan fingerprint density at radius 2 is 2.17 bits per heavy atom. The van der Waals surface area contributed by atoms with Crippen LogP contribution in [-0.4, -0.2) is 6.04 Å². The van der Waals surface area contributed by atoms with Crippen LogP contribution in [0.25, 0.3) is 0 Å². The van der Waals surface area contributed by atoms with Gasteiger partial charge in [-0.25, -0.2) is 4.39 Å². The molecule has 3 unspecified atom stereocenters. The van der Waals surface area contributed by atoms with Crippen LogP contribution >= 0.6 is 0 Å². The lowest BCUT2D eigenvalue weighted by Gasteiger charge is -2.23. The van der Waals surface area contributed by atoms with E-state index < -0.39 is 0 Å². The van der Waals surface area contributed by atoms with Crippen LogP contribution in [0.3, 0.4) is 0 Å². The molecule has 1 aromatic carbocycles. The smallest absolute Gasteiger partial charge is 0.126 e. The molecule has 18 heavy (non-hydrogen) atoms. The second-order valence-electron chi connectivity index (χ2n) is 5.42. The van der Waals surface area contributed by atoms with E-state index >= 15 is 0 Å². The second-order valence-corrected chi connectivity index (χ2v) is 5.42. The number of hydrazine groups is 1. The normalized spacial score (nSPS) is 25.3. The Balaban J connectivity index is 2.00. The molecule has 0 spiro atoms. The van der Waals surface area contributed by atoms with Crippen LogP contribution < -0.4 is 11.3 Å². The number of nitrogens with two attached hydrogens (primary N) is 1. The fraction of sp³-hybridized carbons (Fsp3) is 0.600. The number of nitrogens with one attached hydrogen (secondary N) is 1. The SMILES string of the molecule is CCC1CCC(C(Cc2ccccc2F)NN)C1. The maximum atomic E-state index is 13.6. The van der Waals surface area contributed by atoms with Gasteiger partial charge in [-0.05, 0) is 42.7 Å². The van der Waals surface area contributed by atoms with Gasteiger partial charge in [0.2, 0.25) is 0 Å². The number of benzene rings is 1. The predicted molar refractivity (Wildman–Crippen MR) is 72.3 cm³/mol. The highest BCUT2D eigenvalue weighted by molar-refractivity contribution is 5.18. The predicted octanol–water partition coefficient (Wildman–Crippen LogP) is 3.03. The Morgan fingerprint density at radius 1 is 1.39 bits per heavy atom. The second kappa shape index (κ2) is 6.30. The average Bonchev–Trinajstić information content (AvgIpc) is 2.86. The van der Waals surface area contributed by atoms with Gasteiger partial charge in [-0.1, -0.05) is 38.0 Å². The van der Waals surface area contributed by atoms with Gasteiger partial charge in [0.05, 0.1) is 0 Å². The summed E-state index contributed by atoms with van der Waals surface area (Å²) in [7, 11) is 0. The highest BCUT2D eigenvalue weighted by atomic mass is 19.1. The molecular weight excluding hydrogens is 227 g/mol. The van der Waals surface area contributed by atoms with Crippen molar-refractivity contribution in [1.82, 2.24) is 5.43 Å². The molecule has 0 amide bonds. The van der Waals surface area contributed by atoms with Gasteiger partial charge in [0.15, 0.2) is 0 Å². The maximum absolute atomic E-state index is 13.6. The van der Waals surface area contributed by atoms with Crippen molar-refractivity contribution < 1.29 is 4.39 Å². The minimum absolute atomic E-state index is 0.122. The molecule has 1 aromatic rings. The maximum Gasteiger partial charge on any atom is 0.126 e. The van der Waals surface area contributed by atoms with Crippen LogP contribution in [0.5, 0.6) is 0 Å². The summed E-state index contributed by atoms with van der Waals surface area (Å²) in [6.45, 7) is 2.24. The van der Waals surface area contributed by atoms with Gasteiger partial charge < -0.3 is 0 Å². The minimum atomic E-state index is -0.122. The van der Waals surface area contributed by atoms with E-state index in [4.69, 9.17) is 5.84 Å². The molecule has 0 saturated heterocycles. The summed E-state index contributed by atoms with van der Waals surface area (Å²) in [6.07, 6.45) is 5.65. The number of hydrogen-bond donors (Lipinski definition) is 2. The highest BCUT2D eigenvalue weighted by Crippen LogP contribution is 2.35. The molecule has 1 fully saturated rings. The van der Waals surface area contributed by atoms with Gasteiger partial charge in [0.1, 0.15) is 5.82 Å². The van der Waals surface area contributed by atoms with E-state index in [1.165, 1.54) is 31.7 Å². The van der Waals surface area contributed by atoms with Crippen LogP contribution in [0.2, 0.25) is 0 Å². The van der Waals surface area contributed by atoms with Crippen molar-refractivity contribution in [1.29, 1.82) is 0 Å². The largest absolute Gasteiger partial charge is 0.271 e. The van der Waals surface area contributed by atoms with Gasteiger partial charge in [0.25, 0.3) is 0 Å². The topological polar surface area (TPSA) is 38.0 Å². The van der Waals surface area contributed by atoms with E-state index in [1.807, 2.05) is 12.1 Å². The number of halogens is 1. The van der Waals surface area contributed by atoms with E-state index in [1.54, 1.807) is 6.07 Å². The molecule has 1 aliphatic carbocycles. The molecule has 3 N–H and O–H groups in total. The molecule has 2 rings (SSSR count). The lowest BCUT2D eigenvalue weighted by atomic mass is 9.91. The van der Waals surface area contributed by atoms with Crippen molar-refractivity contribution >= 4 is 0 Å². The van der Waals surface area contributed by atoms with E-state index in [9.17, 15) is 4.39 Å². The van der Waals surface area contributed by atoms with Gasteiger partial charge in [-0.15, -0.1) is 0 Å². The molecular formula is C15H23FN2. The van der Waals surface area contributed by atoms with E-state index in [-0.39, 0.29) is 11.9 Å². The highest BCUT2D eigenvalue weighted by Gasteiger charge is 2.29. The van der Waals surface area contributed by atoms with Gasteiger partial charge >= 0.3 is 0 Å². The molecule has 0 heterocycles. The van der Waals surface area contributed by atoms with Crippen LogP contribution in [0.15, 0.2) is 24.3 Å². The third-order valence-electron chi connectivity index (χ3n) is 4.34. The molecule has 0 bridgehead atoms. The Morgan fingerprint density at radius 3 is 2.78 bits per heavy atom. The van der Waals surface area contributed by atoms with Crippen LogP contribution in [0.4, 0.5) is 4.39 Å². The lowest BCUT2D eigenvalue weighted by molar-refractivity contribution is 0.345. The summed E-state index contributed by atoms with van der Waals surface area (Å²) < 4.78 is 13.6. The number of rotatable bonds is 5. The Bertz CT molecular complexity index is 381. The third kappa shape index (κ3) is 3.09. The van der Waals surface area contributed by atoms with Crippen molar-refractivity contribution in [3.8, 4) is 0 Å². The molecule has 0 radical (unpaired) electrons. The van der Waals surface area contributed by atoms with Gasteiger partial charge in [0, 0.05) is 6.04 Å². The molecule has 2 nitrogen and oxygen atoms in total. The Labute approximate surface area is 109 Å². The summed E-state index contributed by atoms with van der Waals surface area (Å²) in [6, 6.07) is 7.18. The summed E-state index contributed by atoms with van der Waals surface area (Å²) in [5, 5.41) is 0. The monoisotopic (exact) mass is 250 g/mol. The summed E-state index contributed by atoms with van der Waals surface area (Å²) in [5.74, 6) is 6.95.